The summed E-state index contributed by atoms with van der Waals surface area (Å²) in [5, 5.41) is 5.76. The SMILES string of the molecule is CCOc1cccc(NCC(=O)N2CCNC(=O)C2CC(=O)OCC(C)C)c1. The first-order valence-electron chi connectivity index (χ1n) is 9.60. The summed E-state index contributed by atoms with van der Waals surface area (Å²) in [5.41, 5.74) is 0.744. The third-order valence-electron chi connectivity index (χ3n) is 4.18. The van der Waals surface area contributed by atoms with Gasteiger partial charge in [0.05, 0.1) is 26.2 Å². The number of hydrogen-bond acceptors (Lipinski definition) is 6. The number of benzene rings is 1. The van der Waals surface area contributed by atoms with Crippen molar-refractivity contribution in [3.05, 3.63) is 24.3 Å². The molecular formula is C20H29N3O5. The van der Waals surface area contributed by atoms with Crippen molar-refractivity contribution in [1.82, 2.24) is 10.2 Å². The molecule has 1 saturated heterocycles. The van der Waals surface area contributed by atoms with E-state index in [1.54, 1.807) is 6.07 Å². The first-order valence-corrected chi connectivity index (χ1v) is 9.60. The molecule has 2 amide bonds. The highest BCUT2D eigenvalue weighted by Gasteiger charge is 2.35. The Kier molecular flexibility index (Phi) is 8.10. The van der Waals surface area contributed by atoms with Crippen LogP contribution >= 0.6 is 0 Å². The van der Waals surface area contributed by atoms with Gasteiger partial charge in [0.1, 0.15) is 11.8 Å². The van der Waals surface area contributed by atoms with Crippen molar-refractivity contribution in [2.45, 2.75) is 33.2 Å². The zero-order valence-electron chi connectivity index (χ0n) is 16.7. The van der Waals surface area contributed by atoms with E-state index in [1.807, 2.05) is 39.0 Å². The number of nitrogens with zero attached hydrogens (tertiary/aromatic N) is 1. The molecule has 0 radical (unpaired) electrons. The molecule has 0 aromatic heterocycles. The minimum absolute atomic E-state index is 0.0143. The largest absolute Gasteiger partial charge is 0.494 e. The molecule has 8 nitrogen and oxygen atoms in total. The number of anilines is 1. The molecule has 1 aliphatic heterocycles. The normalized spacial score (nSPS) is 16.5. The molecule has 2 rings (SSSR count). The van der Waals surface area contributed by atoms with Crippen LogP contribution in [0.15, 0.2) is 24.3 Å². The van der Waals surface area contributed by atoms with Gasteiger partial charge in [0.2, 0.25) is 11.8 Å². The molecule has 0 aliphatic carbocycles. The zero-order valence-corrected chi connectivity index (χ0v) is 16.7. The number of piperazine rings is 1. The average molecular weight is 391 g/mol. The van der Waals surface area contributed by atoms with E-state index < -0.39 is 12.0 Å². The number of esters is 1. The summed E-state index contributed by atoms with van der Waals surface area (Å²) >= 11 is 0. The number of rotatable bonds is 9. The van der Waals surface area contributed by atoms with Gasteiger partial charge in [0.15, 0.2) is 0 Å². The highest BCUT2D eigenvalue weighted by Crippen LogP contribution is 2.17. The monoisotopic (exact) mass is 391 g/mol. The second-order valence-corrected chi connectivity index (χ2v) is 6.99. The maximum absolute atomic E-state index is 12.7. The highest BCUT2D eigenvalue weighted by molar-refractivity contribution is 5.93. The summed E-state index contributed by atoms with van der Waals surface area (Å²) in [7, 11) is 0. The lowest BCUT2D eigenvalue weighted by molar-refractivity contribution is -0.152. The predicted molar refractivity (Wildman–Crippen MR) is 105 cm³/mol. The van der Waals surface area contributed by atoms with E-state index in [1.165, 1.54) is 4.90 Å². The summed E-state index contributed by atoms with van der Waals surface area (Å²) in [6.45, 7) is 7.34. The first-order chi connectivity index (χ1) is 13.4. The Bertz CT molecular complexity index is 692. The van der Waals surface area contributed by atoms with E-state index in [9.17, 15) is 14.4 Å². The zero-order chi connectivity index (χ0) is 20.5. The van der Waals surface area contributed by atoms with E-state index in [2.05, 4.69) is 10.6 Å². The van der Waals surface area contributed by atoms with E-state index >= 15 is 0 Å². The summed E-state index contributed by atoms with van der Waals surface area (Å²) in [6.07, 6.45) is -0.149. The van der Waals surface area contributed by atoms with Crippen LogP contribution in [0.1, 0.15) is 27.2 Å². The summed E-state index contributed by atoms with van der Waals surface area (Å²) in [5.74, 6) is -0.148. The van der Waals surface area contributed by atoms with Crippen LogP contribution in [0.4, 0.5) is 5.69 Å². The van der Waals surface area contributed by atoms with Crippen molar-refractivity contribution in [2.75, 3.05) is 38.2 Å². The number of ether oxygens (including phenoxy) is 2. The van der Waals surface area contributed by atoms with Gasteiger partial charge in [0.25, 0.3) is 0 Å². The fraction of sp³-hybridized carbons (Fsp3) is 0.550. The Morgan fingerprint density at radius 3 is 2.86 bits per heavy atom. The van der Waals surface area contributed by atoms with E-state index in [-0.39, 0.29) is 30.7 Å². The van der Waals surface area contributed by atoms with Gasteiger partial charge in [-0.2, -0.15) is 0 Å². The molecule has 0 bridgehead atoms. The molecule has 8 heteroatoms. The molecule has 0 spiro atoms. The number of carbonyl (C=O) groups excluding carboxylic acids is 3. The van der Waals surface area contributed by atoms with Crippen molar-refractivity contribution in [1.29, 1.82) is 0 Å². The maximum Gasteiger partial charge on any atom is 0.308 e. The van der Waals surface area contributed by atoms with Crippen molar-refractivity contribution in [3.63, 3.8) is 0 Å². The molecule has 2 N–H and O–H groups in total. The van der Waals surface area contributed by atoms with Crippen LogP contribution in [-0.4, -0.2) is 61.6 Å². The van der Waals surface area contributed by atoms with Crippen LogP contribution < -0.4 is 15.4 Å². The number of hydrogen-bond donors (Lipinski definition) is 2. The summed E-state index contributed by atoms with van der Waals surface area (Å²) in [4.78, 5) is 38.4. The van der Waals surface area contributed by atoms with Gasteiger partial charge in [-0.1, -0.05) is 19.9 Å². The second-order valence-electron chi connectivity index (χ2n) is 6.99. The Hall–Kier alpha value is -2.77. The lowest BCUT2D eigenvalue weighted by atomic mass is 10.1. The molecular weight excluding hydrogens is 362 g/mol. The number of carbonyl (C=O) groups is 3. The van der Waals surface area contributed by atoms with Crippen molar-refractivity contribution in [3.8, 4) is 5.75 Å². The van der Waals surface area contributed by atoms with Crippen LogP contribution in [0.2, 0.25) is 0 Å². The quantitative estimate of drug-likeness (QED) is 0.618. The van der Waals surface area contributed by atoms with Gasteiger partial charge in [0, 0.05) is 24.8 Å². The van der Waals surface area contributed by atoms with Crippen LogP contribution in [-0.2, 0) is 19.1 Å². The van der Waals surface area contributed by atoms with Crippen LogP contribution in [0.25, 0.3) is 0 Å². The number of amides is 2. The Morgan fingerprint density at radius 2 is 2.14 bits per heavy atom. The lowest BCUT2D eigenvalue weighted by Crippen LogP contribution is -2.58. The summed E-state index contributed by atoms with van der Waals surface area (Å²) in [6, 6.07) is 6.46. The van der Waals surface area contributed by atoms with Crippen molar-refractivity contribution < 1.29 is 23.9 Å². The summed E-state index contributed by atoms with van der Waals surface area (Å²) < 4.78 is 10.6. The van der Waals surface area contributed by atoms with Crippen LogP contribution in [0.5, 0.6) is 5.75 Å². The minimum atomic E-state index is -0.850. The van der Waals surface area contributed by atoms with Gasteiger partial charge in [-0.3, -0.25) is 14.4 Å². The standard InChI is InChI=1S/C20H29N3O5/c1-4-27-16-7-5-6-15(10-16)22-12-18(24)23-9-8-21-20(26)17(23)11-19(25)28-13-14(2)3/h5-7,10,14,17,22H,4,8-9,11-13H2,1-3H3,(H,21,26). The molecule has 1 aliphatic rings. The van der Waals surface area contributed by atoms with Crippen molar-refractivity contribution in [2.24, 2.45) is 5.92 Å². The third-order valence-corrected chi connectivity index (χ3v) is 4.18. The molecule has 28 heavy (non-hydrogen) atoms. The molecule has 0 saturated carbocycles. The van der Waals surface area contributed by atoms with Gasteiger partial charge < -0.3 is 25.0 Å². The van der Waals surface area contributed by atoms with Gasteiger partial charge in [-0.15, -0.1) is 0 Å². The molecule has 154 valence electrons. The predicted octanol–water partition coefficient (Wildman–Crippen LogP) is 1.41. The molecule has 1 fully saturated rings. The van der Waals surface area contributed by atoms with Crippen LogP contribution in [0, 0.1) is 5.92 Å². The van der Waals surface area contributed by atoms with Gasteiger partial charge in [-0.05, 0) is 25.0 Å². The Balaban J connectivity index is 1.95. The smallest absolute Gasteiger partial charge is 0.308 e. The number of nitrogens with one attached hydrogen (secondary N) is 2. The van der Waals surface area contributed by atoms with Crippen molar-refractivity contribution >= 4 is 23.5 Å². The van der Waals surface area contributed by atoms with E-state index in [0.29, 0.717) is 32.1 Å². The first kappa shape index (κ1) is 21.5. The minimum Gasteiger partial charge on any atom is -0.494 e. The lowest BCUT2D eigenvalue weighted by Gasteiger charge is -2.34. The topological polar surface area (TPSA) is 97.0 Å². The Labute approximate surface area is 165 Å². The molecule has 1 heterocycles. The molecule has 1 aromatic carbocycles. The van der Waals surface area contributed by atoms with E-state index in [4.69, 9.17) is 9.47 Å². The Morgan fingerprint density at radius 1 is 1.36 bits per heavy atom. The molecule has 1 aromatic rings. The van der Waals surface area contributed by atoms with Gasteiger partial charge in [-0.25, -0.2) is 0 Å². The van der Waals surface area contributed by atoms with E-state index in [0.717, 1.165) is 5.69 Å². The molecule has 1 atom stereocenters. The fourth-order valence-electron chi connectivity index (χ4n) is 2.83. The maximum atomic E-state index is 12.7. The fourth-order valence-corrected chi connectivity index (χ4v) is 2.83. The van der Waals surface area contributed by atoms with Crippen LogP contribution in [0.3, 0.4) is 0 Å². The molecule has 1 unspecified atom stereocenters. The highest BCUT2D eigenvalue weighted by atomic mass is 16.5. The average Bonchev–Trinajstić information content (AvgIpc) is 2.66. The third kappa shape index (κ3) is 6.44. The second kappa shape index (κ2) is 10.5. The van der Waals surface area contributed by atoms with Gasteiger partial charge >= 0.3 is 5.97 Å².